The van der Waals surface area contributed by atoms with Crippen LogP contribution in [0, 0.1) is 11.3 Å². The molecule has 0 radical (unpaired) electrons. The number of nitriles is 1. The van der Waals surface area contributed by atoms with Crippen molar-refractivity contribution in [2.24, 2.45) is 0 Å². The Kier molecular flexibility index (Phi) is 7.20. The smallest absolute Gasteiger partial charge is 0.236 e. The van der Waals surface area contributed by atoms with Gasteiger partial charge < -0.3 is 14.0 Å². The van der Waals surface area contributed by atoms with Gasteiger partial charge in [0.15, 0.2) is 0 Å². The fourth-order valence-corrected chi connectivity index (χ4v) is 4.86. The molecule has 2 aromatic heterocycles. The number of benzene rings is 2. The number of hydrogen-bond acceptors (Lipinski definition) is 7. The maximum atomic E-state index is 11.4. The lowest BCUT2D eigenvalue weighted by Crippen LogP contribution is -2.25. The largest absolute Gasteiger partial charge is 0.489 e. The Labute approximate surface area is 222 Å². The van der Waals surface area contributed by atoms with Crippen LogP contribution in [0.25, 0.3) is 16.6 Å². The predicted molar refractivity (Wildman–Crippen MR) is 145 cm³/mol. The van der Waals surface area contributed by atoms with E-state index in [-0.39, 0.29) is 18.7 Å². The molecule has 38 heavy (non-hydrogen) atoms. The van der Waals surface area contributed by atoms with Crippen molar-refractivity contribution in [2.75, 3.05) is 11.0 Å². The predicted octanol–water partition coefficient (Wildman–Crippen LogP) is 5.13. The Hall–Kier alpha value is -4.10. The highest BCUT2D eigenvalue weighted by molar-refractivity contribution is 7.91. The van der Waals surface area contributed by atoms with Crippen molar-refractivity contribution in [1.29, 1.82) is 5.26 Å². The van der Waals surface area contributed by atoms with Crippen molar-refractivity contribution in [3.63, 3.8) is 0 Å². The average molecular weight is 532 g/mol. The summed E-state index contributed by atoms with van der Waals surface area (Å²) in [6.45, 7) is 2.28. The minimum absolute atomic E-state index is 0.00409. The zero-order valence-electron chi connectivity index (χ0n) is 21.3. The van der Waals surface area contributed by atoms with Crippen LogP contribution in [0.15, 0.2) is 54.9 Å². The van der Waals surface area contributed by atoms with Crippen LogP contribution in [-0.4, -0.2) is 35.3 Å². The van der Waals surface area contributed by atoms with Crippen LogP contribution in [0.4, 0.5) is 5.95 Å². The number of nitrogens with one attached hydrogen (secondary N) is 1. The summed E-state index contributed by atoms with van der Waals surface area (Å²) in [5, 5.41) is 10.9. The summed E-state index contributed by atoms with van der Waals surface area (Å²) >= 11 is 0. The molecule has 0 aliphatic heterocycles. The number of aromatic nitrogens is 3. The van der Waals surface area contributed by atoms with Crippen molar-refractivity contribution in [3.8, 4) is 23.3 Å². The molecule has 5 rings (SSSR count). The molecule has 2 aromatic carbocycles. The third-order valence-corrected chi connectivity index (χ3v) is 7.00. The lowest BCUT2D eigenvalue weighted by atomic mass is 9.95. The molecule has 0 unspecified atom stereocenters. The van der Waals surface area contributed by atoms with E-state index in [0.29, 0.717) is 17.0 Å². The number of hydrogen-bond donors (Lipinski definition) is 1. The normalized spacial score (nSPS) is 13.6. The SMILES string of the molecule is CCCc1cc(-n2ccc3cc(OCc4ccnc(NS(C)(=O)=O)n4)ccc32)cc(C#N)c1OC1CCC1. The van der Waals surface area contributed by atoms with Crippen molar-refractivity contribution in [3.05, 3.63) is 71.7 Å². The lowest BCUT2D eigenvalue weighted by Gasteiger charge is -2.28. The number of rotatable bonds is 10. The van der Waals surface area contributed by atoms with Crippen LogP contribution in [0.5, 0.6) is 11.5 Å². The van der Waals surface area contributed by atoms with Gasteiger partial charge in [0.2, 0.25) is 16.0 Å². The molecule has 4 aromatic rings. The van der Waals surface area contributed by atoms with E-state index in [0.717, 1.165) is 59.8 Å². The van der Waals surface area contributed by atoms with Gasteiger partial charge in [0, 0.05) is 23.5 Å². The molecule has 0 atom stereocenters. The number of aryl methyl sites for hydroxylation is 1. The van der Waals surface area contributed by atoms with Gasteiger partial charge in [0.1, 0.15) is 24.2 Å². The van der Waals surface area contributed by atoms with Crippen LogP contribution < -0.4 is 14.2 Å². The highest BCUT2D eigenvalue weighted by atomic mass is 32.2. The van der Waals surface area contributed by atoms with Crippen LogP contribution in [0.2, 0.25) is 0 Å². The van der Waals surface area contributed by atoms with Crippen LogP contribution in [0.1, 0.15) is 49.4 Å². The zero-order valence-corrected chi connectivity index (χ0v) is 22.2. The number of anilines is 1. The Morgan fingerprint density at radius 3 is 2.74 bits per heavy atom. The summed E-state index contributed by atoms with van der Waals surface area (Å²) in [6.07, 6.45) is 9.78. The first-order chi connectivity index (χ1) is 18.3. The fraction of sp³-hybridized carbons (Fsp3) is 0.321. The second kappa shape index (κ2) is 10.7. The molecule has 2 heterocycles. The van der Waals surface area contributed by atoms with E-state index in [1.807, 2.05) is 36.5 Å². The summed E-state index contributed by atoms with van der Waals surface area (Å²) in [4.78, 5) is 8.11. The minimum Gasteiger partial charge on any atom is -0.489 e. The Bertz CT molecular complexity index is 1620. The molecule has 1 fully saturated rings. The Balaban J connectivity index is 1.38. The molecular formula is C28H29N5O4S. The molecule has 196 valence electrons. The zero-order chi connectivity index (χ0) is 26.7. The topological polar surface area (TPSA) is 119 Å². The van der Waals surface area contributed by atoms with Gasteiger partial charge in [-0.3, -0.25) is 4.72 Å². The molecule has 10 heteroatoms. The number of sulfonamides is 1. The van der Waals surface area contributed by atoms with E-state index in [2.05, 4.69) is 38.3 Å². The van der Waals surface area contributed by atoms with Gasteiger partial charge in [0.25, 0.3) is 0 Å². The van der Waals surface area contributed by atoms with Crippen LogP contribution in [0.3, 0.4) is 0 Å². The molecule has 0 saturated heterocycles. The Morgan fingerprint density at radius 1 is 1.18 bits per heavy atom. The summed E-state index contributed by atoms with van der Waals surface area (Å²) < 4.78 is 39.4. The van der Waals surface area contributed by atoms with Crippen molar-refractivity contribution < 1.29 is 17.9 Å². The van der Waals surface area contributed by atoms with Crippen molar-refractivity contribution in [2.45, 2.75) is 51.7 Å². The summed E-state index contributed by atoms with van der Waals surface area (Å²) in [7, 11) is -3.47. The molecule has 1 aliphatic carbocycles. The summed E-state index contributed by atoms with van der Waals surface area (Å²) in [6, 6.07) is 15.8. The average Bonchev–Trinajstić information content (AvgIpc) is 3.28. The van der Waals surface area contributed by atoms with Gasteiger partial charge in [0.05, 0.1) is 29.1 Å². The molecular weight excluding hydrogens is 502 g/mol. The quantitative estimate of drug-likeness (QED) is 0.301. The second-order valence-electron chi connectivity index (χ2n) is 9.45. The first kappa shape index (κ1) is 25.5. The monoisotopic (exact) mass is 531 g/mol. The van der Waals surface area contributed by atoms with Gasteiger partial charge in [-0.2, -0.15) is 5.26 Å². The first-order valence-electron chi connectivity index (χ1n) is 12.6. The van der Waals surface area contributed by atoms with E-state index >= 15 is 0 Å². The second-order valence-corrected chi connectivity index (χ2v) is 11.2. The van der Waals surface area contributed by atoms with E-state index in [4.69, 9.17) is 9.47 Å². The van der Waals surface area contributed by atoms with E-state index in [9.17, 15) is 13.7 Å². The molecule has 1 saturated carbocycles. The van der Waals surface area contributed by atoms with Gasteiger partial charge in [-0.15, -0.1) is 0 Å². The first-order valence-corrected chi connectivity index (χ1v) is 14.5. The molecule has 9 nitrogen and oxygen atoms in total. The third kappa shape index (κ3) is 5.73. The van der Waals surface area contributed by atoms with Gasteiger partial charge in [-0.1, -0.05) is 13.3 Å². The maximum Gasteiger partial charge on any atom is 0.236 e. The van der Waals surface area contributed by atoms with Gasteiger partial charge in [-0.05, 0) is 73.7 Å². The third-order valence-electron chi connectivity index (χ3n) is 6.44. The van der Waals surface area contributed by atoms with Crippen LogP contribution >= 0.6 is 0 Å². The maximum absolute atomic E-state index is 11.4. The number of fused-ring (bicyclic) bond motifs is 1. The van der Waals surface area contributed by atoms with E-state index < -0.39 is 10.0 Å². The van der Waals surface area contributed by atoms with E-state index in [1.54, 1.807) is 6.07 Å². The van der Waals surface area contributed by atoms with Crippen molar-refractivity contribution >= 4 is 26.9 Å². The standard InChI is InChI=1S/C28H29N5O4S/c1-3-5-20-14-23(15-21(17-29)27(20)37-24-6-4-7-24)33-13-11-19-16-25(8-9-26(19)33)36-18-22-10-12-30-28(31-22)32-38(2,34)35/h8-16,24H,3-7,18H2,1-2H3,(H,30,31,32). The van der Waals surface area contributed by atoms with Crippen molar-refractivity contribution in [1.82, 2.24) is 14.5 Å². The molecule has 0 amide bonds. The minimum atomic E-state index is -3.47. The molecule has 0 spiro atoms. The highest BCUT2D eigenvalue weighted by Gasteiger charge is 2.23. The number of ether oxygens (including phenoxy) is 2. The highest BCUT2D eigenvalue weighted by Crippen LogP contribution is 2.34. The van der Waals surface area contributed by atoms with E-state index in [1.165, 1.54) is 12.6 Å². The van der Waals surface area contributed by atoms with Gasteiger partial charge in [-0.25, -0.2) is 18.4 Å². The molecule has 1 aliphatic rings. The Morgan fingerprint density at radius 2 is 2.03 bits per heavy atom. The number of nitrogens with zero attached hydrogens (tertiary/aromatic N) is 4. The summed E-state index contributed by atoms with van der Waals surface area (Å²) in [5.74, 6) is 1.39. The van der Waals surface area contributed by atoms with Crippen LogP contribution in [-0.2, 0) is 23.1 Å². The molecule has 1 N–H and O–H groups in total. The fourth-order valence-electron chi connectivity index (χ4n) is 4.43. The summed E-state index contributed by atoms with van der Waals surface area (Å²) in [5.41, 5.74) is 4.07. The molecule has 0 bridgehead atoms. The van der Waals surface area contributed by atoms with Gasteiger partial charge >= 0.3 is 0 Å². The lowest BCUT2D eigenvalue weighted by molar-refractivity contribution is 0.118.